The molecule has 21 heavy (non-hydrogen) atoms. The molecule has 1 aromatic carbocycles. The van der Waals surface area contributed by atoms with Crippen LogP contribution in [0.5, 0.6) is 0 Å². The lowest BCUT2D eigenvalue weighted by molar-refractivity contribution is -0.385. The maximum Gasteiger partial charge on any atom is 0.272 e. The quantitative estimate of drug-likeness (QED) is 0.684. The third-order valence-electron chi connectivity index (χ3n) is 4.78. The third kappa shape index (κ3) is 3.60. The molecule has 0 bridgehead atoms. The van der Waals surface area contributed by atoms with Crippen LogP contribution in [0.1, 0.15) is 31.4 Å². The number of likely N-dealkylation sites (tertiary alicyclic amines) is 1. The summed E-state index contributed by atoms with van der Waals surface area (Å²) in [6.07, 6.45) is 1.12. The largest absolute Gasteiger partial charge is 0.310 e. The molecule has 0 aromatic heterocycles. The highest BCUT2D eigenvalue weighted by Gasteiger charge is 2.28. The Bertz CT molecular complexity index is 518. The molecular weight excluding hydrogens is 266 g/mol. The van der Waals surface area contributed by atoms with E-state index >= 15 is 0 Å². The van der Waals surface area contributed by atoms with E-state index in [1.165, 1.54) is 0 Å². The molecule has 3 atom stereocenters. The van der Waals surface area contributed by atoms with Gasteiger partial charge in [-0.2, -0.15) is 0 Å². The first-order valence-electron chi connectivity index (χ1n) is 7.56. The number of nitrogens with zero attached hydrogens (tertiary/aromatic N) is 2. The van der Waals surface area contributed by atoms with Crippen LogP contribution < -0.4 is 5.32 Å². The molecule has 2 rings (SSSR count). The lowest BCUT2D eigenvalue weighted by Crippen LogP contribution is -2.50. The second-order valence-corrected chi connectivity index (χ2v) is 6.31. The molecule has 1 N–H and O–H groups in total. The van der Waals surface area contributed by atoms with Gasteiger partial charge in [-0.1, -0.05) is 19.1 Å². The molecule has 1 aromatic rings. The summed E-state index contributed by atoms with van der Waals surface area (Å²) in [5.41, 5.74) is 1.99. The van der Waals surface area contributed by atoms with Crippen molar-refractivity contribution >= 4 is 5.69 Å². The Morgan fingerprint density at radius 1 is 1.43 bits per heavy atom. The van der Waals surface area contributed by atoms with E-state index < -0.39 is 0 Å². The molecule has 1 aliphatic heterocycles. The van der Waals surface area contributed by atoms with Crippen LogP contribution in [0, 0.1) is 23.0 Å². The van der Waals surface area contributed by atoms with Crippen molar-refractivity contribution in [1.82, 2.24) is 10.2 Å². The number of hydrogen-bond donors (Lipinski definition) is 1. The summed E-state index contributed by atoms with van der Waals surface area (Å²) in [6.45, 7) is 8.13. The molecule has 5 heteroatoms. The molecule has 0 saturated carbocycles. The van der Waals surface area contributed by atoms with Gasteiger partial charge in [0.05, 0.1) is 4.92 Å². The first-order chi connectivity index (χ1) is 9.90. The highest BCUT2D eigenvalue weighted by atomic mass is 16.6. The Kier molecular flexibility index (Phi) is 4.96. The Balaban J connectivity index is 2.03. The Morgan fingerprint density at radius 3 is 2.81 bits per heavy atom. The molecule has 1 fully saturated rings. The van der Waals surface area contributed by atoms with E-state index in [1.54, 1.807) is 12.1 Å². The van der Waals surface area contributed by atoms with Crippen molar-refractivity contribution in [2.75, 3.05) is 13.6 Å². The number of hydrogen-bond acceptors (Lipinski definition) is 4. The minimum absolute atomic E-state index is 0.207. The molecular formula is C16H25N3O2. The van der Waals surface area contributed by atoms with Crippen LogP contribution in [0.4, 0.5) is 5.69 Å². The van der Waals surface area contributed by atoms with Gasteiger partial charge in [-0.25, -0.2) is 0 Å². The van der Waals surface area contributed by atoms with Crippen LogP contribution in [-0.4, -0.2) is 35.5 Å². The molecule has 1 saturated heterocycles. The lowest BCUT2D eigenvalue weighted by Gasteiger charge is -2.40. The summed E-state index contributed by atoms with van der Waals surface area (Å²) in [7, 11) is 2.17. The van der Waals surface area contributed by atoms with Crippen LogP contribution in [-0.2, 0) is 6.54 Å². The molecule has 0 spiro atoms. The number of benzene rings is 1. The van der Waals surface area contributed by atoms with Crippen molar-refractivity contribution in [3.8, 4) is 0 Å². The summed E-state index contributed by atoms with van der Waals surface area (Å²) < 4.78 is 0. The molecule has 1 aliphatic rings. The molecule has 0 aliphatic carbocycles. The molecule has 1 heterocycles. The smallest absolute Gasteiger partial charge is 0.272 e. The van der Waals surface area contributed by atoms with E-state index in [-0.39, 0.29) is 10.6 Å². The summed E-state index contributed by atoms with van der Waals surface area (Å²) in [4.78, 5) is 13.1. The predicted octanol–water partition coefficient (Wildman–Crippen LogP) is 2.72. The van der Waals surface area contributed by atoms with Crippen molar-refractivity contribution < 1.29 is 4.92 Å². The van der Waals surface area contributed by atoms with Crippen molar-refractivity contribution in [1.29, 1.82) is 0 Å². The maximum absolute atomic E-state index is 11.0. The van der Waals surface area contributed by atoms with Crippen LogP contribution in [0.2, 0.25) is 0 Å². The monoisotopic (exact) mass is 291 g/mol. The zero-order valence-electron chi connectivity index (χ0n) is 13.3. The SMILES string of the molecule is Cc1c(CNC2CC(C)N(C)CC2C)cccc1[N+](=O)[O-]. The van der Waals surface area contributed by atoms with Gasteiger partial charge in [0.25, 0.3) is 5.69 Å². The fourth-order valence-electron chi connectivity index (χ4n) is 3.13. The average molecular weight is 291 g/mol. The number of piperidine rings is 1. The first-order valence-corrected chi connectivity index (χ1v) is 7.56. The number of rotatable bonds is 4. The van der Waals surface area contributed by atoms with E-state index in [2.05, 4.69) is 31.1 Å². The van der Waals surface area contributed by atoms with Gasteiger partial charge < -0.3 is 10.2 Å². The molecule has 3 unspecified atom stereocenters. The highest BCUT2D eigenvalue weighted by molar-refractivity contribution is 5.44. The standard InChI is InChI=1S/C16H25N3O2/c1-11-10-18(4)12(2)8-15(11)17-9-14-6-5-7-16(13(14)3)19(20)21/h5-7,11-12,15,17H,8-10H2,1-4H3. The number of nitro benzene ring substituents is 1. The van der Waals surface area contributed by atoms with Gasteiger partial charge in [-0.15, -0.1) is 0 Å². The van der Waals surface area contributed by atoms with E-state index in [0.717, 1.165) is 24.1 Å². The fourth-order valence-corrected chi connectivity index (χ4v) is 3.13. The zero-order chi connectivity index (χ0) is 15.6. The lowest BCUT2D eigenvalue weighted by atomic mass is 9.89. The Hall–Kier alpha value is -1.46. The summed E-state index contributed by atoms with van der Waals surface area (Å²) in [5.74, 6) is 0.588. The van der Waals surface area contributed by atoms with Gasteiger partial charge in [0.2, 0.25) is 0 Å². The van der Waals surface area contributed by atoms with E-state index in [9.17, 15) is 10.1 Å². The van der Waals surface area contributed by atoms with Gasteiger partial charge in [0.1, 0.15) is 0 Å². The highest BCUT2D eigenvalue weighted by Crippen LogP contribution is 2.23. The minimum atomic E-state index is -0.306. The normalized spacial score (nSPS) is 26.8. The van der Waals surface area contributed by atoms with Crippen LogP contribution in [0.3, 0.4) is 0 Å². The molecule has 116 valence electrons. The van der Waals surface area contributed by atoms with Crippen LogP contribution in [0.25, 0.3) is 0 Å². The Morgan fingerprint density at radius 2 is 2.14 bits per heavy atom. The second kappa shape index (κ2) is 6.54. The Labute approximate surface area is 126 Å². The van der Waals surface area contributed by atoms with Crippen LogP contribution >= 0.6 is 0 Å². The van der Waals surface area contributed by atoms with Crippen molar-refractivity contribution in [3.63, 3.8) is 0 Å². The van der Waals surface area contributed by atoms with Crippen molar-refractivity contribution in [2.45, 2.75) is 45.8 Å². The molecule has 0 radical (unpaired) electrons. The van der Waals surface area contributed by atoms with E-state index in [0.29, 0.717) is 24.5 Å². The fraction of sp³-hybridized carbons (Fsp3) is 0.625. The summed E-state index contributed by atoms with van der Waals surface area (Å²) >= 11 is 0. The molecule has 5 nitrogen and oxygen atoms in total. The third-order valence-corrected chi connectivity index (χ3v) is 4.78. The second-order valence-electron chi connectivity index (χ2n) is 6.31. The van der Waals surface area contributed by atoms with Gasteiger partial charge in [0.15, 0.2) is 0 Å². The van der Waals surface area contributed by atoms with Gasteiger partial charge in [0, 0.05) is 36.8 Å². The zero-order valence-corrected chi connectivity index (χ0v) is 13.3. The van der Waals surface area contributed by atoms with Crippen molar-refractivity contribution in [2.24, 2.45) is 5.92 Å². The minimum Gasteiger partial charge on any atom is -0.310 e. The topological polar surface area (TPSA) is 58.4 Å². The van der Waals surface area contributed by atoms with Crippen LogP contribution in [0.15, 0.2) is 18.2 Å². The molecule has 0 amide bonds. The van der Waals surface area contributed by atoms with Gasteiger partial charge in [-0.05, 0) is 38.8 Å². The van der Waals surface area contributed by atoms with E-state index in [4.69, 9.17) is 0 Å². The summed E-state index contributed by atoms with van der Waals surface area (Å²) in [6, 6.07) is 6.35. The first kappa shape index (κ1) is 15.9. The summed E-state index contributed by atoms with van der Waals surface area (Å²) in [5, 5.41) is 14.6. The van der Waals surface area contributed by atoms with Crippen molar-refractivity contribution in [3.05, 3.63) is 39.4 Å². The number of nitro groups is 1. The maximum atomic E-state index is 11.0. The number of nitrogens with one attached hydrogen (secondary N) is 1. The van der Waals surface area contributed by atoms with E-state index in [1.807, 2.05) is 13.0 Å². The average Bonchev–Trinajstić information content (AvgIpc) is 2.42. The van der Waals surface area contributed by atoms with Gasteiger partial charge in [-0.3, -0.25) is 10.1 Å². The van der Waals surface area contributed by atoms with Gasteiger partial charge >= 0.3 is 0 Å². The predicted molar refractivity (Wildman–Crippen MR) is 84.3 cm³/mol.